The normalized spacial score (nSPS) is 10.7. The van der Waals surface area contributed by atoms with Gasteiger partial charge < -0.3 is 33.5 Å². The third kappa shape index (κ3) is 16.5. The second kappa shape index (κ2) is 24.2. The summed E-state index contributed by atoms with van der Waals surface area (Å²) in [6.45, 7) is 9.31. The number of hydrogen-bond donors (Lipinski definition) is 0. The van der Waals surface area contributed by atoms with E-state index in [2.05, 4.69) is 18.4 Å². The van der Waals surface area contributed by atoms with Crippen molar-refractivity contribution in [3.05, 3.63) is 53.9 Å². The molecule has 0 aliphatic rings. The van der Waals surface area contributed by atoms with Crippen LogP contribution in [-0.4, -0.2) is 29.9 Å². The van der Waals surface area contributed by atoms with E-state index in [-0.39, 0.29) is 48.9 Å². The second-order valence-electron chi connectivity index (χ2n) is 11.5. The highest BCUT2D eigenvalue weighted by Gasteiger charge is 2.23. The van der Waals surface area contributed by atoms with Crippen LogP contribution in [0.2, 0.25) is 0 Å². The Morgan fingerprint density at radius 3 is 1.93 bits per heavy atom. The van der Waals surface area contributed by atoms with Crippen LogP contribution in [0.4, 0.5) is 0 Å². The lowest BCUT2D eigenvalue weighted by Gasteiger charge is -2.19. The van der Waals surface area contributed by atoms with Gasteiger partial charge in [0.25, 0.3) is 5.91 Å². The number of halogens is 1. The Labute approximate surface area is 278 Å². The molecule has 0 N–H and O–H groups in total. The Morgan fingerprint density at radius 2 is 1.37 bits per heavy atom. The van der Waals surface area contributed by atoms with Crippen LogP contribution in [0.1, 0.15) is 128 Å². The van der Waals surface area contributed by atoms with Gasteiger partial charge in [-0.3, -0.25) is 14.5 Å². The van der Waals surface area contributed by atoms with E-state index in [4.69, 9.17) is 9.47 Å². The maximum absolute atomic E-state index is 12.9. The van der Waals surface area contributed by atoms with E-state index in [1.54, 1.807) is 0 Å². The van der Waals surface area contributed by atoms with Gasteiger partial charge in [-0.05, 0) is 37.1 Å². The van der Waals surface area contributed by atoms with Crippen molar-refractivity contribution in [1.82, 2.24) is 4.90 Å². The topological polar surface area (TPSA) is 59.7 Å². The average molecular weight is 709 g/mol. The van der Waals surface area contributed by atoms with E-state index < -0.39 is 0 Å². The summed E-state index contributed by atoms with van der Waals surface area (Å²) in [5.41, 5.74) is 1.82. The van der Waals surface area contributed by atoms with E-state index in [1.165, 1.54) is 95.3 Å². The lowest BCUT2D eigenvalue weighted by atomic mass is 10.0. The van der Waals surface area contributed by atoms with Gasteiger partial charge >= 0.3 is 0 Å². The van der Waals surface area contributed by atoms with Crippen LogP contribution in [0.25, 0.3) is 0 Å². The van der Waals surface area contributed by atoms with Crippen molar-refractivity contribution >= 4 is 11.8 Å². The molecule has 0 radical (unpaired) electrons. The Bertz CT molecular complexity index is 1050. The first-order valence-corrected chi connectivity index (χ1v) is 16.6. The molecule has 242 valence electrons. The summed E-state index contributed by atoms with van der Waals surface area (Å²) >= 11 is 0. The molecule has 1 aromatic heterocycles. The summed E-state index contributed by atoms with van der Waals surface area (Å²) < 4.78 is 13.9. The number of carbonyl (C=O) groups excluding carboxylic acids is 2. The molecule has 7 heteroatoms. The maximum Gasteiger partial charge on any atom is 0.267 e. The van der Waals surface area contributed by atoms with Crippen molar-refractivity contribution in [2.75, 3.05) is 13.2 Å². The van der Waals surface area contributed by atoms with Crippen LogP contribution in [0.15, 0.2) is 42.6 Å². The minimum Gasteiger partial charge on any atom is -1.00 e. The number of aromatic nitrogens is 1. The molecular formula is C36H57IN2O4. The van der Waals surface area contributed by atoms with Crippen molar-refractivity contribution < 1.29 is 47.6 Å². The number of ether oxygens (including phenoxy) is 2. The maximum atomic E-state index is 12.9. The molecule has 0 bridgehead atoms. The van der Waals surface area contributed by atoms with Crippen LogP contribution in [0.5, 0.6) is 11.5 Å². The third-order valence-electron chi connectivity index (χ3n) is 7.76. The van der Waals surface area contributed by atoms with Gasteiger partial charge in [-0.15, -0.1) is 0 Å². The molecule has 0 spiro atoms. The fourth-order valence-corrected chi connectivity index (χ4v) is 5.23. The van der Waals surface area contributed by atoms with Crippen molar-refractivity contribution in [2.24, 2.45) is 0 Å². The molecule has 0 saturated carbocycles. The van der Waals surface area contributed by atoms with Crippen LogP contribution in [-0.2, 0) is 22.7 Å². The predicted molar refractivity (Wildman–Crippen MR) is 171 cm³/mol. The zero-order valence-corrected chi connectivity index (χ0v) is 29.5. The monoisotopic (exact) mass is 708 g/mol. The molecule has 0 atom stereocenters. The highest BCUT2D eigenvalue weighted by atomic mass is 127. The van der Waals surface area contributed by atoms with Gasteiger partial charge in [0.15, 0.2) is 12.8 Å². The molecule has 2 amide bonds. The number of pyridine rings is 1. The van der Waals surface area contributed by atoms with Gasteiger partial charge in [-0.2, -0.15) is 0 Å². The number of imide groups is 1. The molecule has 0 saturated heterocycles. The predicted octanol–water partition coefficient (Wildman–Crippen LogP) is 5.51. The standard InChI is InChI=1S/C36H57N2O4.HI/c1-5-7-8-9-10-11-12-13-14-15-16-17-18-21-27-41-34-23-24-35(31(3)28-34)42-30-36(40)38(32(4)39)29-33-22-19-20-26-37(33)25-6-2;/h19-20,22-24,26,28H,5-18,21,25,27,29-30H2,1-4H3;1H/q+1;/p-1. The highest BCUT2D eigenvalue weighted by molar-refractivity contribution is 5.94. The SMILES string of the molecule is CCCCCCCCCCCCCCCCOc1ccc(OCC(=O)N(Cc2cccc[n+]2CCC)C(C)=O)c(C)c1.[I-]. The van der Waals surface area contributed by atoms with Gasteiger partial charge in [-0.1, -0.05) is 103 Å². The van der Waals surface area contributed by atoms with Crippen LogP contribution in [0.3, 0.4) is 0 Å². The lowest BCUT2D eigenvalue weighted by molar-refractivity contribution is -0.704. The van der Waals surface area contributed by atoms with Crippen molar-refractivity contribution in [1.29, 1.82) is 0 Å². The van der Waals surface area contributed by atoms with E-state index in [9.17, 15) is 9.59 Å². The average Bonchev–Trinajstić information content (AvgIpc) is 2.98. The van der Waals surface area contributed by atoms with E-state index in [0.717, 1.165) is 36.4 Å². The Balaban J connectivity index is 0.00000924. The Hall–Kier alpha value is -2.16. The quantitative estimate of drug-likeness (QED) is 0.0869. The van der Waals surface area contributed by atoms with Crippen molar-refractivity contribution in [3.8, 4) is 11.5 Å². The third-order valence-corrected chi connectivity index (χ3v) is 7.76. The molecule has 0 unspecified atom stereocenters. The van der Waals surface area contributed by atoms with Gasteiger partial charge in [0.2, 0.25) is 11.6 Å². The molecule has 0 fully saturated rings. The summed E-state index contributed by atoms with van der Waals surface area (Å²) in [6.07, 6.45) is 21.7. The summed E-state index contributed by atoms with van der Waals surface area (Å²) in [5, 5.41) is 0. The first-order chi connectivity index (χ1) is 20.5. The van der Waals surface area contributed by atoms with Crippen molar-refractivity contribution in [3.63, 3.8) is 0 Å². The van der Waals surface area contributed by atoms with Gasteiger partial charge in [-0.25, -0.2) is 4.57 Å². The van der Waals surface area contributed by atoms with Gasteiger partial charge in [0.05, 0.1) is 6.61 Å². The first kappa shape index (κ1) is 38.9. The number of rotatable bonds is 23. The van der Waals surface area contributed by atoms with Crippen molar-refractivity contribution in [2.45, 2.75) is 137 Å². The molecule has 1 heterocycles. The number of hydrogen-bond acceptors (Lipinski definition) is 4. The van der Waals surface area contributed by atoms with Crippen LogP contribution in [0, 0.1) is 6.92 Å². The van der Waals surface area contributed by atoms with Crippen LogP contribution >= 0.6 is 0 Å². The highest BCUT2D eigenvalue weighted by Crippen LogP contribution is 2.24. The van der Waals surface area contributed by atoms with E-state index in [1.807, 2.05) is 49.5 Å². The molecule has 2 aromatic rings. The summed E-state index contributed by atoms with van der Waals surface area (Å²) in [4.78, 5) is 26.5. The molecule has 43 heavy (non-hydrogen) atoms. The van der Waals surface area contributed by atoms with Gasteiger partial charge in [0, 0.05) is 25.5 Å². The zero-order chi connectivity index (χ0) is 30.4. The summed E-state index contributed by atoms with van der Waals surface area (Å²) in [6, 6.07) is 11.5. The Morgan fingerprint density at radius 1 is 0.767 bits per heavy atom. The molecule has 0 aliphatic heterocycles. The number of benzene rings is 1. The first-order valence-electron chi connectivity index (χ1n) is 16.6. The minimum absolute atomic E-state index is 0. The van der Waals surface area contributed by atoms with E-state index in [0.29, 0.717) is 12.4 Å². The molecule has 1 aromatic carbocycles. The zero-order valence-electron chi connectivity index (χ0n) is 27.4. The fourth-order valence-electron chi connectivity index (χ4n) is 5.23. The molecule has 0 aliphatic carbocycles. The molecule has 2 rings (SSSR count). The van der Waals surface area contributed by atoms with E-state index >= 15 is 0 Å². The minimum atomic E-state index is -0.355. The largest absolute Gasteiger partial charge is 1.00 e. The second-order valence-corrected chi connectivity index (χ2v) is 11.5. The van der Waals surface area contributed by atoms with Gasteiger partial charge in [0.1, 0.15) is 24.6 Å². The molecule has 6 nitrogen and oxygen atoms in total. The number of nitrogens with zero attached hydrogens (tertiary/aromatic N) is 2. The lowest BCUT2D eigenvalue weighted by Crippen LogP contribution is -3.00. The van der Waals surface area contributed by atoms with Crippen LogP contribution < -0.4 is 38.0 Å². The number of amides is 2. The number of unbranched alkanes of at least 4 members (excludes halogenated alkanes) is 13. The number of carbonyl (C=O) groups is 2. The fraction of sp³-hybridized carbons (Fsp3) is 0.639. The smallest absolute Gasteiger partial charge is 0.267 e. The summed E-state index contributed by atoms with van der Waals surface area (Å²) in [7, 11) is 0. The molecular weight excluding hydrogens is 651 g/mol. The summed E-state index contributed by atoms with van der Waals surface area (Å²) in [5.74, 6) is 0.790. The number of aryl methyl sites for hydroxylation is 2. The Kier molecular flexibility index (Phi) is 21.9.